The predicted octanol–water partition coefficient (Wildman–Crippen LogP) is 3.94. The predicted molar refractivity (Wildman–Crippen MR) is 96.0 cm³/mol. The van der Waals surface area contributed by atoms with E-state index in [1.807, 2.05) is 0 Å². The van der Waals surface area contributed by atoms with Crippen LogP contribution in [0.5, 0.6) is 0 Å². The fourth-order valence-corrected chi connectivity index (χ4v) is 2.77. The van der Waals surface area contributed by atoms with Gasteiger partial charge in [0.05, 0.1) is 0 Å². The Morgan fingerprint density at radius 2 is 0.895 bits per heavy atom. The highest BCUT2D eigenvalue weighted by Crippen LogP contribution is 2.12. The summed E-state index contributed by atoms with van der Waals surface area (Å²) in [6.07, 6.45) is 10.0. The van der Waals surface area contributed by atoms with Gasteiger partial charge in [-0.25, -0.2) is 0 Å². The second-order valence-electron chi connectivity index (χ2n) is 4.25. The Morgan fingerprint density at radius 3 is 1.16 bits per heavy atom. The third-order valence-corrected chi connectivity index (χ3v) is 4.16. The minimum absolute atomic E-state index is 0. The molecular formula is C12H27BrN4S2. The van der Waals surface area contributed by atoms with Gasteiger partial charge in [0.1, 0.15) is 0 Å². The van der Waals surface area contributed by atoms with Gasteiger partial charge in [-0.05, 0) is 12.8 Å². The van der Waals surface area contributed by atoms with E-state index in [0.29, 0.717) is 0 Å². The van der Waals surface area contributed by atoms with Crippen molar-refractivity contribution in [3.8, 4) is 0 Å². The summed E-state index contributed by atoms with van der Waals surface area (Å²) in [6.45, 7) is 0. The van der Waals surface area contributed by atoms with Gasteiger partial charge in [-0.2, -0.15) is 0 Å². The van der Waals surface area contributed by atoms with Gasteiger partial charge in [0.25, 0.3) is 0 Å². The molecule has 0 unspecified atom stereocenters. The molecular weight excluding hydrogens is 344 g/mol. The van der Waals surface area contributed by atoms with E-state index in [0.717, 1.165) is 11.5 Å². The van der Waals surface area contributed by atoms with E-state index in [1.165, 1.54) is 74.9 Å². The normalized spacial score (nSPS) is 9.89. The number of thioether (sulfide) groups is 2. The maximum Gasteiger partial charge on any atom is 0.151 e. The van der Waals surface area contributed by atoms with E-state index < -0.39 is 0 Å². The molecule has 0 bridgehead atoms. The number of nitrogens with two attached hydrogens (primary N) is 2. The smallest absolute Gasteiger partial charge is 0.151 e. The van der Waals surface area contributed by atoms with Crippen molar-refractivity contribution in [2.75, 3.05) is 11.5 Å². The number of amidine groups is 2. The number of nitrogens with one attached hydrogen (secondary N) is 2. The molecule has 0 saturated carbocycles. The molecule has 0 spiro atoms. The fourth-order valence-electron chi connectivity index (χ4n) is 1.63. The summed E-state index contributed by atoms with van der Waals surface area (Å²) in [4.78, 5) is 0. The maximum absolute atomic E-state index is 7.07. The van der Waals surface area contributed by atoms with Crippen molar-refractivity contribution < 1.29 is 0 Å². The molecule has 0 rings (SSSR count). The summed E-state index contributed by atoms with van der Waals surface area (Å²) in [5, 5.41) is 14.6. The molecule has 0 aromatic heterocycles. The van der Waals surface area contributed by atoms with Crippen LogP contribution in [0.15, 0.2) is 0 Å². The molecule has 0 radical (unpaired) electrons. The number of hydrogen-bond donors (Lipinski definition) is 4. The van der Waals surface area contributed by atoms with Crippen molar-refractivity contribution in [1.29, 1.82) is 10.8 Å². The van der Waals surface area contributed by atoms with Crippen LogP contribution in [0, 0.1) is 10.8 Å². The first-order chi connectivity index (χ1) is 8.63. The van der Waals surface area contributed by atoms with Crippen molar-refractivity contribution in [3.63, 3.8) is 0 Å². The Morgan fingerprint density at radius 1 is 0.632 bits per heavy atom. The van der Waals surface area contributed by atoms with Gasteiger partial charge in [0.2, 0.25) is 0 Å². The number of unbranched alkanes of at least 4 members (excludes halogenated alkanes) is 7. The SMILES string of the molecule is Br.N=C(N)SCCCCCCCCCCSC(=N)N. The van der Waals surface area contributed by atoms with E-state index in [9.17, 15) is 0 Å². The summed E-state index contributed by atoms with van der Waals surface area (Å²) < 4.78 is 0. The fraction of sp³-hybridized carbons (Fsp3) is 0.833. The zero-order chi connectivity index (χ0) is 13.6. The second kappa shape index (κ2) is 16.2. The van der Waals surface area contributed by atoms with Gasteiger partial charge in [-0.3, -0.25) is 10.8 Å². The molecule has 0 aliphatic heterocycles. The summed E-state index contributed by atoms with van der Waals surface area (Å²) in [5.41, 5.74) is 10.5. The van der Waals surface area contributed by atoms with Crippen molar-refractivity contribution in [3.05, 3.63) is 0 Å². The monoisotopic (exact) mass is 370 g/mol. The maximum atomic E-state index is 7.07. The van der Waals surface area contributed by atoms with E-state index in [2.05, 4.69) is 0 Å². The van der Waals surface area contributed by atoms with Crippen LogP contribution in [0.4, 0.5) is 0 Å². The molecule has 7 heteroatoms. The average molecular weight is 371 g/mol. The van der Waals surface area contributed by atoms with Crippen molar-refractivity contribution >= 4 is 50.8 Å². The topological polar surface area (TPSA) is 99.7 Å². The molecule has 0 heterocycles. The minimum Gasteiger partial charge on any atom is -0.379 e. The largest absolute Gasteiger partial charge is 0.379 e. The van der Waals surface area contributed by atoms with Crippen molar-refractivity contribution in [2.24, 2.45) is 11.5 Å². The molecule has 0 aliphatic carbocycles. The van der Waals surface area contributed by atoms with Crippen LogP contribution >= 0.6 is 40.5 Å². The molecule has 0 atom stereocenters. The third kappa shape index (κ3) is 20.6. The van der Waals surface area contributed by atoms with Gasteiger partial charge in [-0.15, -0.1) is 17.0 Å². The van der Waals surface area contributed by atoms with E-state index in [4.69, 9.17) is 22.3 Å². The summed E-state index contributed by atoms with van der Waals surface area (Å²) >= 11 is 2.88. The second-order valence-corrected chi connectivity index (χ2v) is 6.53. The molecule has 0 amide bonds. The van der Waals surface area contributed by atoms with Gasteiger partial charge < -0.3 is 11.5 Å². The van der Waals surface area contributed by atoms with Gasteiger partial charge in [-0.1, -0.05) is 62.0 Å². The summed E-state index contributed by atoms with van der Waals surface area (Å²) in [7, 11) is 0. The lowest BCUT2D eigenvalue weighted by atomic mass is 10.1. The molecule has 0 saturated heterocycles. The van der Waals surface area contributed by atoms with Crippen LogP contribution in [-0.4, -0.2) is 21.8 Å². The highest BCUT2D eigenvalue weighted by atomic mass is 79.9. The first-order valence-electron chi connectivity index (χ1n) is 6.56. The van der Waals surface area contributed by atoms with Crippen LogP contribution in [0.2, 0.25) is 0 Å². The molecule has 0 fully saturated rings. The van der Waals surface area contributed by atoms with Crippen molar-refractivity contribution in [2.45, 2.75) is 51.4 Å². The Balaban J connectivity index is 0. The lowest BCUT2D eigenvalue weighted by molar-refractivity contribution is 0.588. The van der Waals surface area contributed by atoms with E-state index >= 15 is 0 Å². The average Bonchev–Trinajstić information content (AvgIpc) is 2.29. The lowest BCUT2D eigenvalue weighted by Gasteiger charge is -2.02. The quantitative estimate of drug-likeness (QED) is 0.251. The van der Waals surface area contributed by atoms with Crippen LogP contribution in [0.1, 0.15) is 51.4 Å². The first kappa shape index (κ1) is 21.4. The summed E-state index contributed by atoms with van der Waals surface area (Å²) in [6, 6.07) is 0. The molecule has 0 aromatic rings. The zero-order valence-corrected chi connectivity index (χ0v) is 14.8. The van der Waals surface area contributed by atoms with Crippen LogP contribution in [0.25, 0.3) is 0 Å². The lowest BCUT2D eigenvalue weighted by Crippen LogP contribution is -2.04. The van der Waals surface area contributed by atoms with Gasteiger partial charge >= 0.3 is 0 Å². The van der Waals surface area contributed by atoms with E-state index in [1.54, 1.807) is 0 Å². The molecule has 4 nitrogen and oxygen atoms in total. The number of hydrogen-bond acceptors (Lipinski definition) is 4. The Kier molecular flexibility index (Phi) is 18.2. The summed E-state index contributed by atoms with van der Waals surface area (Å²) in [5.74, 6) is 1.97. The van der Waals surface area contributed by atoms with Crippen LogP contribution in [0.3, 0.4) is 0 Å². The number of rotatable bonds is 11. The molecule has 0 aromatic carbocycles. The van der Waals surface area contributed by atoms with E-state index in [-0.39, 0.29) is 27.3 Å². The Labute approximate surface area is 136 Å². The number of halogens is 1. The van der Waals surface area contributed by atoms with Crippen molar-refractivity contribution in [1.82, 2.24) is 0 Å². The molecule has 6 N–H and O–H groups in total. The molecule has 114 valence electrons. The first-order valence-corrected chi connectivity index (χ1v) is 8.53. The highest BCUT2D eigenvalue weighted by Gasteiger charge is 1.95. The third-order valence-electron chi connectivity index (χ3n) is 2.55. The highest BCUT2D eigenvalue weighted by molar-refractivity contribution is 8.93. The Hall–Kier alpha value is 0.120. The molecule has 0 aliphatic rings. The Bertz CT molecular complexity index is 216. The van der Waals surface area contributed by atoms with Gasteiger partial charge in [0.15, 0.2) is 10.3 Å². The van der Waals surface area contributed by atoms with Gasteiger partial charge in [0, 0.05) is 11.5 Å². The van der Waals surface area contributed by atoms with Crippen LogP contribution in [-0.2, 0) is 0 Å². The standard InChI is InChI=1S/C12H26N4S2.BrH/c13-11(14)17-9-7-5-3-1-2-4-6-8-10-18-12(15)16;/h1-10H2,(H3,13,14)(H3,15,16);1H. The van der Waals surface area contributed by atoms with Crippen LogP contribution < -0.4 is 11.5 Å². The zero-order valence-electron chi connectivity index (χ0n) is 11.5. The molecule has 19 heavy (non-hydrogen) atoms. The minimum atomic E-state index is 0.